The molecule has 3 rings (SSSR count). The molecule has 0 amide bonds. The van der Waals surface area contributed by atoms with Crippen molar-refractivity contribution < 1.29 is 9.47 Å². The molecule has 1 aliphatic carbocycles. The molecule has 0 unspecified atom stereocenters. The van der Waals surface area contributed by atoms with Gasteiger partial charge in [0.1, 0.15) is 0 Å². The van der Waals surface area contributed by atoms with E-state index >= 15 is 0 Å². The number of hydrogen-bond acceptors (Lipinski definition) is 3. The summed E-state index contributed by atoms with van der Waals surface area (Å²) in [6.07, 6.45) is 6.54. The predicted molar refractivity (Wildman–Crippen MR) is 92.3 cm³/mol. The number of nitrogens with zero attached hydrogens (tertiary/aromatic N) is 1. The van der Waals surface area contributed by atoms with Crippen LogP contribution in [0.4, 0.5) is 0 Å². The number of rotatable bonds is 4. The topological polar surface area (TPSA) is 54.9 Å². The van der Waals surface area contributed by atoms with E-state index in [0.29, 0.717) is 12.8 Å². The van der Waals surface area contributed by atoms with E-state index in [2.05, 4.69) is 53.8 Å². The molecule has 0 fully saturated rings. The van der Waals surface area contributed by atoms with E-state index in [1.807, 2.05) is 13.1 Å². The molecule has 0 spiro atoms. The van der Waals surface area contributed by atoms with Gasteiger partial charge in [0.25, 0.3) is 0 Å². The third kappa shape index (κ3) is 3.60. The molecule has 124 valence electrons. The quantitative estimate of drug-likeness (QED) is 0.509. The van der Waals surface area contributed by atoms with Crippen molar-refractivity contribution in [3.63, 3.8) is 0 Å². The molecule has 2 aliphatic rings. The molecule has 0 bridgehead atoms. The minimum atomic E-state index is -0.0491. The summed E-state index contributed by atoms with van der Waals surface area (Å²) in [5.41, 5.74) is 1.17. The lowest BCUT2D eigenvalue weighted by Gasteiger charge is -2.27. The average molecular weight is 315 g/mol. The molecule has 1 heterocycles. The Bertz CT molecular complexity index is 615. The van der Waals surface area contributed by atoms with Crippen molar-refractivity contribution in [3.8, 4) is 11.5 Å². The highest BCUT2D eigenvalue weighted by Gasteiger charge is 2.24. The first-order chi connectivity index (χ1) is 11.1. The molecule has 2 N–H and O–H groups in total. The summed E-state index contributed by atoms with van der Waals surface area (Å²) in [4.78, 5) is 4.33. The Morgan fingerprint density at radius 1 is 1.22 bits per heavy atom. The maximum Gasteiger partial charge on any atom is 0.231 e. The van der Waals surface area contributed by atoms with E-state index < -0.39 is 0 Å². The van der Waals surface area contributed by atoms with Crippen LogP contribution in [0.25, 0.3) is 0 Å². The molecule has 0 radical (unpaired) electrons. The zero-order chi connectivity index (χ0) is 16.3. The summed E-state index contributed by atoms with van der Waals surface area (Å²) in [6, 6.07) is 6.61. The first-order valence-electron chi connectivity index (χ1n) is 8.11. The number of nitrogens with one attached hydrogen (secondary N) is 2. The Morgan fingerprint density at radius 3 is 2.70 bits per heavy atom. The summed E-state index contributed by atoms with van der Waals surface area (Å²) in [5, 5.41) is 6.90. The standard InChI is InChI=1S/C18H25N3O2/c1-18(2,13-8-9-15-16(10-13)23-12-22-15)11-20-17(19-3)21-14-6-4-5-7-14/h4-5,8-10,14H,6-7,11-12H2,1-3H3,(H2,19,20,21). The SMILES string of the molecule is CN=C(NCC(C)(C)c1ccc2c(c1)OCO2)NC1CC=CC1. The average Bonchev–Trinajstić information content (AvgIpc) is 3.21. The van der Waals surface area contributed by atoms with E-state index in [9.17, 15) is 0 Å². The van der Waals surface area contributed by atoms with Gasteiger partial charge in [-0.2, -0.15) is 0 Å². The summed E-state index contributed by atoms with van der Waals surface area (Å²) in [6.45, 7) is 5.51. The fraction of sp³-hybridized carbons (Fsp3) is 0.500. The van der Waals surface area contributed by atoms with E-state index in [1.165, 1.54) is 5.56 Å². The molecule has 0 atom stereocenters. The molecule has 5 heteroatoms. The van der Waals surface area contributed by atoms with Crippen LogP contribution in [-0.4, -0.2) is 32.4 Å². The van der Waals surface area contributed by atoms with Crippen molar-refractivity contribution in [1.29, 1.82) is 0 Å². The van der Waals surface area contributed by atoms with Crippen LogP contribution in [0, 0.1) is 0 Å². The maximum absolute atomic E-state index is 5.48. The summed E-state index contributed by atoms with van der Waals surface area (Å²) < 4.78 is 10.9. The second-order valence-corrected chi connectivity index (χ2v) is 6.66. The third-order valence-electron chi connectivity index (χ3n) is 4.42. The van der Waals surface area contributed by atoms with Crippen molar-refractivity contribution in [3.05, 3.63) is 35.9 Å². The van der Waals surface area contributed by atoms with Crippen LogP contribution in [0.3, 0.4) is 0 Å². The Morgan fingerprint density at radius 2 is 1.96 bits per heavy atom. The second kappa shape index (κ2) is 6.52. The minimum absolute atomic E-state index is 0.0491. The van der Waals surface area contributed by atoms with Gasteiger partial charge in [-0.3, -0.25) is 4.99 Å². The van der Waals surface area contributed by atoms with Crippen molar-refractivity contribution in [1.82, 2.24) is 10.6 Å². The number of aliphatic imine (C=N–C) groups is 1. The number of guanidine groups is 1. The molecule has 1 aromatic rings. The van der Waals surface area contributed by atoms with Crippen LogP contribution in [0.2, 0.25) is 0 Å². The molecule has 0 saturated heterocycles. The fourth-order valence-electron chi connectivity index (χ4n) is 2.85. The predicted octanol–water partition coefficient (Wildman–Crippen LogP) is 2.58. The van der Waals surface area contributed by atoms with Gasteiger partial charge in [-0.25, -0.2) is 0 Å². The van der Waals surface area contributed by atoms with Crippen LogP contribution in [0.1, 0.15) is 32.3 Å². The van der Waals surface area contributed by atoms with Gasteiger partial charge in [0, 0.05) is 25.0 Å². The Hall–Kier alpha value is -2.17. The number of ether oxygens (including phenoxy) is 2. The largest absolute Gasteiger partial charge is 0.454 e. The van der Waals surface area contributed by atoms with Gasteiger partial charge in [-0.05, 0) is 30.5 Å². The van der Waals surface area contributed by atoms with Gasteiger partial charge in [-0.1, -0.05) is 32.1 Å². The van der Waals surface area contributed by atoms with Gasteiger partial charge >= 0.3 is 0 Å². The van der Waals surface area contributed by atoms with Gasteiger partial charge in [0.05, 0.1) is 0 Å². The summed E-state index contributed by atoms with van der Waals surface area (Å²) in [7, 11) is 1.81. The Balaban J connectivity index is 1.61. The molecule has 1 aliphatic heterocycles. The van der Waals surface area contributed by atoms with Crippen molar-refractivity contribution >= 4 is 5.96 Å². The molecule has 5 nitrogen and oxygen atoms in total. The molecule has 0 aromatic heterocycles. The van der Waals surface area contributed by atoms with Gasteiger partial charge in [0.2, 0.25) is 6.79 Å². The van der Waals surface area contributed by atoms with Gasteiger partial charge in [-0.15, -0.1) is 0 Å². The van der Waals surface area contributed by atoms with Crippen LogP contribution >= 0.6 is 0 Å². The molecular formula is C18H25N3O2. The molecule has 23 heavy (non-hydrogen) atoms. The highest BCUT2D eigenvalue weighted by atomic mass is 16.7. The third-order valence-corrected chi connectivity index (χ3v) is 4.42. The fourth-order valence-corrected chi connectivity index (χ4v) is 2.85. The normalized spacial score (nSPS) is 17.6. The van der Waals surface area contributed by atoms with E-state index in [-0.39, 0.29) is 5.41 Å². The van der Waals surface area contributed by atoms with Crippen LogP contribution in [0.5, 0.6) is 11.5 Å². The van der Waals surface area contributed by atoms with Crippen molar-refractivity contribution in [2.24, 2.45) is 4.99 Å². The van der Waals surface area contributed by atoms with E-state index in [1.54, 1.807) is 0 Å². The Kier molecular flexibility index (Phi) is 4.46. The lowest BCUT2D eigenvalue weighted by Crippen LogP contribution is -2.46. The number of fused-ring (bicyclic) bond motifs is 1. The van der Waals surface area contributed by atoms with Gasteiger partial charge < -0.3 is 20.1 Å². The van der Waals surface area contributed by atoms with Crippen molar-refractivity contribution in [2.45, 2.75) is 38.1 Å². The highest BCUT2D eigenvalue weighted by molar-refractivity contribution is 5.80. The highest BCUT2D eigenvalue weighted by Crippen LogP contribution is 2.36. The first kappa shape index (κ1) is 15.7. The molecule has 1 aromatic carbocycles. The lowest BCUT2D eigenvalue weighted by molar-refractivity contribution is 0.174. The minimum Gasteiger partial charge on any atom is -0.454 e. The lowest BCUT2D eigenvalue weighted by atomic mass is 9.84. The van der Waals surface area contributed by atoms with E-state index in [4.69, 9.17) is 9.47 Å². The zero-order valence-electron chi connectivity index (χ0n) is 14.1. The smallest absolute Gasteiger partial charge is 0.231 e. The summed E-state index contributed by atoms with van der Waals surface area (Å²) in [5.74, 6) is 2.51. The maximum atomic E-state index is 5.48. The van der Waals surface area contributed by atoms with Gasteiger partial charge in [0.15, 0.2) is 17.5 Å². The zero-order valence-corrected chi connectivity index (χ0v) is 14.1. The Labute approximate surface area is 137 Å². The van der Waals surface area contributed by atoms with Crippen LogP contribution in [-0.2, 0) is 5.41 Å². The monoisotopic (exact) mass is 315 g/mol. The van der Waals surface area contributed by atoms with Crippen molar-refractivity contribution in [2.75, 3.05) is 20.4 Å². The second-order valence-electron chi connectivity index (χ2n) is 6.66. The first-order valence-corrected chi connectivity index (χ1v) is 8.11. The molecule has 0 saturated carbocycles. The van der Waals surface area contributed by atoms with E-state index in [0.717, 1.165) is 36.8 Å². The number of hydrogen-bond donors (Lipinski definition) is 2. The van der Waals surface area contributed by atoms with Crippen LogP contribution in [0.15, 0.2) is 35.3 Å². The number of benzene rings is 1. The summed E-state index contributed by atoms with van der Waals surface area (Å²) >= 11 is 0. The van der Waals surface area contributed by atoms with Crippen LogP contribution < -0.4 is 20.1 Å². The molecular weight excluding hydrogens is 290 g/mol.